The molecule has 2 saturated heterocycles. The quantitative estimate of drug-likeness (QED) is 0.781. The van der Waals surface area contributed by atoms with Crippen LogP contribution in [-0.4, -0.2) is 54.0 Å². The zero-order valence-electron chi connectivity index (χ0n) is 15.8. The van der Waals surface area contributed by atoms with Gasteiger partial charge in [0.25, 0.3) is 5.91 Å². The molecule has 0 spiro atoms. The molecular formula is C20H28N2O3S2. The lowest BCUT2D eigenvalue weighted by Gasteiger charge is -2.33. The molecule has 1 aromatic carbocycles. The Morgan fingerprint density at radius 1 is 1.19 bits per heavy atom. The Kier molecular flexibility index (Phi) is 7.76. The van der Waals surface area contributed by atoms with Crippen molar-refractivity contribution < 1.29 is 14.3 Å². The van der Waals surface area contributed by atoms with Crippen LogP contribution in [0.25, 0.3) is 0 Å². The molecule has 0 aromatic heterocycles. The van der Waals surface area contributed by atoms with Crippen molar-refractivity contribution in [2.75, 3.05) is 31.2 Å². The van der Waals surface area contributed by atoms with Crippen LogP contribution in [-0.2, 0) is 9.59 Å². The van der Waals surface area contributed by atoms with Crippen molar-refractivity contribution in [2.45, 2.75) is 43.2 Å². The molecule has 27 heavy (non-hydrogen) atoms. The van der Waals surface area contributed by atoms with Crippen molar-refractivity contribution in [1.82, 2.24) is 10.2 Å². The minimum Gasteiger partial charge on any atom is -0.484 e. The Morgan fingerprint density at radius 3 is 2.63 bits per heavy atom. The van der Waals surface area contributed by atoms with E-state index >= 15 is 0 Å². The van der Waals surface area contributed by atoms with Gasteiger partial charge in [0, 0.05) is 25.6 Å². The largest absolute Gasteiger partial charge is 0.484 e. The zero-order valence-corrected chi connectivity index (χ0v) is 17.4. The fourth-order valence-electron chi connectivity index (χ4n) is 3.29. The van der Waals surface area contributed by atoms with Gasteiger partial charge in [0.15, 0.2) is 6.61 Å². The minimum absolute atomic E-state index is 0.0204. The molecule has 3 rings (SSSR count). The van der Waals surface area contributed by atoms with E-state index < -0.39 is 0 Å². The SMILES string of the molecule is CCC(=O)NC1CCCN(C(=O)COc2ccc(C3SCCCS3)cc2)C1. The predicted molar refractivity (Wildman–Crippen MR) is 112 cm³/mol. The molecule has 2 aliphatic rings. The van der Waals surface area contributed by atoms with E-state index in [1.165, 1.54) is 23.5 Å². The number of amides is 2. The summed E-state index contributed by atoms with van der Waals surface area (Å²) in [4.78, 5) is 25.8. The van der Waals surface area contributed by atoms with E-state index in [9.17, 15) is 9.59 Å². The monoisotopic (exact) mass is 408 g/mol. The molecule has 1 N–H and O–H groups in total. The van der Waals surface area contributed by atoms with Crippen LogP contribution < -0.4 is 10.1 Å². The Bertz CT molecular complexity index is 633. The second kappa shape index (κ2) is 10.3. The molecule has 1 unspecified atom stereocenters. The minimum atomic E-state index is -0.0204. The number of ether oxygens (including phenoxy) is 1. The van der Waals surface area contributed by atoms with Gasteiger partial charge in [-0.1, -0.05) is 19.1 Å². The fraction of sp³-hybridized carbons (Fsp3) is 0.600. The van der Waals surface area contributed by atoms with Crippen molar-refractivity contribution in [3.63, 3.8) is 0 Å². The van der Waals surface area contributed by atoms with Crippen LogP contribution in [0.15, 0.2) is 24.3 Å². The third-order valence-electron chi connectivity index (χ3n) is 4.80. The van der Waals surface area contributed by atoms with E-state index in [-0.39, 0.29) is 24.5 Å². The number of hydrogen-bond donors (Lipinski definition) is 1. The van der Waals surface area contributed by atoms with Crippen molar-refractivity contribution in [3.05, 3.63) is 29.8 Å². The summed E-state index contributed by atoms with van der Waals surface area (Å²) in [7, 11) is 0. The summed E-state index contributed by atoms with van der Waals surface area (Å²) in [6.07, 6.45) is 3.59. The van der Waals surface area contributed by atoms with Crippen LogP contribution in [0.4, 0.5) is 0 Å². The maximum atomic E-state index is 12.5. The van der Waals surface area contributed by atoms with Gasteiger partial charge < -0.3 is 15.0 Å². The maximum absolute atomic E-state index is 12.5. The zero-order chi connectivity index (χ0) is 19.1. The average molecular weight is 409 g/mol. The highest BCUT2D eigenvalue weighted by Crippen LogP contribution is 2.43. The number of piperidine rings is 1. The first kappa shape index (κ1) is 20.4. The number of nitrogens with one attached hydrogen (secondary N) is 1. The molecule has 148 valence electrons. The lowest BCUT2D eigenvalue weighted by molar-refractivity contribution is -0.135. The van der Waals surface area contributed by atoms with Crippen LogP contribution in [0.1, 0.15) is 42.8 Å². The van der Waals surface area contributed by atoms with Gasteiger partial charge in [-0.15, -0.1) is 23.5 Å². The molecular weight excluding hydrogens is 380 g/mol. The Morgan fingerprint density at radius 2 is 1.93 bits per heavy atom. The van der Waals surface area contributed by atoms with E-state index in [1.54, 1.807) is 4.90 Å². The number of thioether (sulfide) groups is 2. The summed E-state index contributed by atoms with van der Waals surface area (Å²) in [5, 5.41) is 2.99. The van der Waals surface area contributed by atoms with Gasteiger partial charge in [-0.2, -0.15) is 0 Å². The van der Waals surface area contributed by atoms with Gasteiger partial charge in [-0.05, 0) is 48.5 Å². The van der Waals surface area contributed by atoms with Gasteiger partial charge in [-0.25, -0.2) is 0 Å². The van der Waals surface area contributed by atoms with E-state index in [0.717, 1.165) is 25.1 Å². The van der Waals surface area contributed by atoms with E-state index in [2.05, 4.69) is 17.4 Å². The van der Waals surface area contributed by atoms with Crippen LogP contribution in [0.3, 0.4) is 0 Å². The van der Waals surface area contributed by atoms with Gasteiger partial charge >= 0.3 is 0 Å². The van der Waals surface area contributed by atoms with E-state index in [4.69, 9.17) is 4.74 Å². The second-order valence-corrected chi connectivity index (χ2v) is 9.61. The molecule has 0 bridgehead atoms. The first-order valence-electron chi connectivity index (χ1n) is 9.69. The first-order chi connectivity index (χ1) is 13.2. The summed E-state index contributed by atoms with van der Waals surface area (Å²) in [5.74, 6) is 3.19. The summed E-state index contributed by atoms with van der Waals surface area (Å²) in [6.45, 7) is 3.19. The van der Waals surface area contributed by atoms with Crippen molar-refractivity contribution in [1.29, 1.82) is 0 Å². The van der Waals surface area contributed by atoms with E-state index in [0.29, 0.717) is 17.5 Å². The Hall–Kier alpha value is -1.34. The van der Waals surface area contributed by atoms with Gasteiger partial charge in [0.2, 0.25) is 5.91 Å². The summed E-state index contributed by atoms with van der Waals surface area (Å²) in [5.41, 5.74) is 1.31. The number of nitrogens with zero attached hydrogens (tertiary/aromatic N) is 1. The molecule has 5 nitrogen and oxygen atoms in total. The smallest absolute Gasteiger partial charge is 0.260 e. The summed E-state index contributed by atoms with van der Waals surface area (Å²) in [6, 6.07) is 8.18. The number of benzene rings is 1. The lowest BCUT2D eigenvalue weighted by atomic mass is 10.1. The molecule has 2 amide bonds. The topological polar surface area (TPSA) is 58.6 Å². The van der Waals surface area contributed by atoms with Gasteiger partial charge in [0.05, 0.1) is 4.58 Å². The first-order valence-corrected chi connectivity index (χ1v) is 11.8. The predicted octanol–water partition coefficient (Wildman–Crippen LogP) is 3.45. The standard InChI is InChI=1S/C20H28N2O3S2/c1-2-18(23)21-16-5-3-10-22(13-16)19(24)14-25-17-8-6-15(7-9-17)20-26-11-4-12-27-20/h6-9,16,20H,2-5,10-14H2,1H3,(H,21,23). The molecule has 2 fully saturated rings. The Balaban J connectivity index is 1.46. The second-order valence-electron chi connectivity index (χ2n) is 6.88. The van der Waals surface area contributed by atoms with Crippen molar-refractivity contribution >= 4 is 35.3 Å². The van der Waals surface area contributed by atoms with Crippen LogP contribution in [0.5, 0.6) is 5.75 Å². The molecule has 2 heterocycles. The van der Waals surface area contributed by atoms with Crippen LogP contribution >= 0.6 is 23.5 Å². The number of likely N-dealkylation sites (tertiary alicyclic amines) is 1. The lowest BCUT2D eigenvalue weighted by Crippen LogP contribution is -2.50. The normalized spacial score (nSPS) is 20.9. The van der Waals surface area contributed by atoms with Crippen molar-refractivity contribution in [3.8, 4) is 5.75 Å². The third kappa shape index (κ3) is 6.07. The van der Waals surface area contributed by atoms with Crippen LogP contribution in [0, 0.1) is 0 Å². The molecule has 0 saturated carbocycles. The van der Waals surface area contributed by atoms with Crippen molar-refractivity contribution in [2.24, 2.45) is 0 Å². The van der Waals surface area contributed by atoms with E-state index in [1.807, 2.05) is 42.6 Å². The number of carbonyl (C=O) groups is 2. The number of rotatable bonds is 6. The summed E-state index contributed by atoms with van der Waals surface area (Å²) < 4.78 is 6.22. The molecule has 2 aliphatic heterocycles. The number of carbonyl (C=O) groups excluding carboxylic acids is 2. The molecule has 0 aliphatic carbocycles. The highest BCUT2D eigenvalue weighted by atomic mass is 32.2. The number of hydrogen-bond acceptors (Lipinski definition) is 5. The highest BCUT2D eigenvalue weighted by Gasteiger charge is 2.24. The van der Waals surface area contributed by atoms with Gasteiger partial charge in [-0.3, -0.25) is 9.59 Å². The maximum Gasteiger partial charge on any atom is 0.260 e. The summed E-state index contributed by atoms with van der Waals surface area (Å²) >= 11 is 3.99. The Labute approximate surface area is 170 Å². The van der Waals surface area contributed by atoms with Crippen LogP contribution in [0.2, 0.25) is 0 Å². The average Bonchev–Trinajstić information content (AvgIpc) is 2.73. The molecule has 1 aromatic rings. The molecule has 1 atom stereocenters. The fourth-order valence-corrected chi connectivity index (χ4v) is 6.18. The van der Waals surface area contributed by atoms with Gasteiger partial charge in [0.1, 0.15) is 5.75 Å². The third-order valence-corrected chi connectivity index (χ3v) is 7.82. The molecule has 7 heteroatoms. The highest BCUT2D eigenvalue weighted by molar-refractivity contribution is 8.16. The molecule has 0 radical (unpaired) electrons.